The Morgan fingerprint density at radius 2 is 2.29 bits per heavy atom. The summed E-state index contributed by atoms with van der Waals surface area (Å²) in [5.74, 6) is 0.878. The van der Waals surface area contributed by atoms with E-state index in [-0.39, 0.29) is 5.82 Å². The summed E-state index contributed by atoms with van der Waals surface area (Å²) in [4.78, 5) is 7.89. The van der Waals surface area contributed by atoms with Crippen LogP contribution in [0.1, 0.15) is 12.7 Å². The first kappa shape index (κ1) is 8.80. The minimum atomic E-state index is -0.384. The Balaban J connectivity index is 2.39. The normalized spacial score (nSPS) is 10.4. The lowest BCUT2D eigenvalue weighted by Crippen LogP contribution is -1.85. The smallest absolute Gasteiger partial charge is 0.182 e. The van der Waals surface area contributed by atoms with Gasteiger partial charge in [-0.15, -0.1) is 0 Å². The molecule has 0 unspecified atom stereocenters. The predicted molar refractivity (Wildman–Crippen MR) is 48.9 cm³/mol. The van der Waals surface area contributed by atoms with Crippen LogP contribution in [0.5, 0.6) is 0 Å². The fourth-order valence-electron chi connectivity index (χ4n) is 1.12. The van der Waals surface area contributed by atoms with Crippen LogP contribution in [0.4, 0.5) is 4.39 Å². The number of aryl methyl sites for hydroxylation is 1. The summed E-state index contributed by atoms with van der Waals surface area (Å²) in [6.45, 7) is 1.97. The topological polar surface area (TPSA) is 54.5 Å². The van der Waals surface area contributed by atoms with Gasteiger partial charge in [0.05, 0.1) is 6.20 Å². The van der Waals surface area contributed by atoms with E-state index in [9.17, 15) is 4.39 Å². The van der Waals surface area contributed by atoms with Crippen LogP contribution in [0.2, 0.25) is 0 Å². The van der Waals surface area contributed by atoms with Gasteiger partial charge in [0.1, 0.15) is 11.6 Å². The first-order valence-electron chi connectivity index (χ1n) is 4.32. The summed E-state index contributed by atoms with van der Waals surface area (Å²) in [6.07, 6.45) is 3.46. The SMILES string of the molecule is CCc1nc(-c2cncc(F)c2)n[nH]1. The molecule has 0 atom stereocenters. The van der Waals surface area contributed by atoms with Gasteiger partial charge in [-0.3, -0.25) is 10.1 Å². The van der Waals surface area contributed by atoms with E-state index in [1.807, 2.05) is 6.92 Å². The molecule has 0 aliphatic heterocycles. The van der Waals surface area contributed by atoms with Crippen molar-refractivity contribution >= 4 is 0 Å². The zero-order valence-corrected chi connectivity index (χ0v) is 7.66. The number of hydrogen-bond acceptors (Lipinski definition) is 3. The van der Waals surface area contributed by atoms with E-state index in [1.165, 1.54) is 12.3 Å². The van der Waals surface area contributed by atoms with E-state index >= 15 is 0 Å². The number of aromatic nitrogens is 4. The average Bonchev–Trinajstić information content (AvgIpc) is 2.66. The van der Waals surface area contributed by atoms with Crippen LogP contribution in [-0.4, -0.2) is 20.2 Å². The lowest BCUT2D eigenvalue weighted by molar-refractivity contribution is 0.622. The first-order valence-corrected chi connectivity index (χ1v) is 4.32. The highest BCUT2D eigenvalue weighted by atomic mass is 19.1. The van der Waals surface area contributed by atoms with Crippen LogP contribution in [0.25, 0.3) is 11.4 Å². The van der Waals surface area contributed by atoms with E-state index in [0.717, 1.165) is 18.4 Å². The molecule has 5 heteroatoms. The number of aromatic amines is 1. The molecular weight excluding hydrogens is 183 g/mol. The van der Waals surface area contributed by atoms with E-state index in [4.69, 9.17) is 0 Å². The quantitative estimate of drug-likeness (QED) is 0.785. The highest BCUT2D eigenvalue weighted by Gasteiger charge is 2.05. The molecule has 2 heterocycles. The monoisotopic (exact) mass is 192 g/mol. The third-order valence-corrected chi connectivity index (χ3v) is 1.83. The van der Waals surface area contributed by atoms with E-state index in [0.29, 0.717) is 11.4 Å². The molecule has 0 saturated heterocycles. The highest BCUT2D eigenvalue weighted by Crippen LogP contribution is 2.13. The Kier molecular flexibility index (Phi) is 2.22. The number of nitrogens with one attached hydrogen (secondary N) is 1. The molecule has 0 aromatic carbocycles. The van der Waals surface area contributed by atoms with Gasteiger partial charge in [-0.05, 0) is 6.07 Å². The highest BCUT2D eigenvalue weighted by molar-refractivity contribution is 5.52. The summed E-state index contributed by atoms with van der Waals surface area (Å²) in [6, 6.07) is 1.36. The summed E-state index contributed by atoms with van der Waals surface area (Å²) in [5.41, 5.74) is 0.584. The van der Waals surface area contributed by atoms with Gasteiger partial charge in [0.15, 0.2) is 5.82 Å². The molecular formula is C9H9FN4. The Morgan fingerprint density at radius 1 is 1.43 bits per heavy atom. The molecule has 4 nitrogen and oxygen atoms in total. The van der Waals surface area contributed by atoms with Gasteiger partial charge in [-0.1, -0.05) is 6.92 Å². The second kappa shape index (κ2) is 3.53. The maximum atomic E-state index is 12.8. The number of H-pyrrole nitrogens is 1. The van der Waals surface area contributed by atoms with Gasteiger partial charge in [0, 0.05) is 18.2 Å². The maximum absolute atomic E-state index is 12.8. The zero-order chi connectivity index (χ0) is 9.97. The molecule has 1 N–H and O–H groups in total. The molecule has 0 amide bonds. The fourth-order valence-corrected chi connectivity index (χ4v) is 1.12. The molecule has 0 fully saturated rings. The van der Waals surface area contributed by atoms with Gasteiger partial charge in [-0.25, -0.2) is 9.37 Å². The molecule has 0 radical (unpaired) electrons. The Morgan fingerprint density at radius 3 is 2.93 bits per heavy atom. The van der Waals surface area contributed by atoms with Gasteiger partial charge < -0.3 is 0 Å². The standard InChI is InChI=1S/C9H9FN4/c1-2-8-12-9(14-13-8)6-3-7(10)5-11-4-6/h3-5H,2H2,1H3,(H,12,13,14). The van der Waals surface area contributed by atoms with Crippen LogP contribution < -0.4 is 0 Å². The Hall–Kier alpha value is -1.78. The largest absolute Gasteiger partial charge is 0.263 e. The number of halogens is 1. The second-order valence-corrected chi connectivity index (χ2v) is 2.85. The lowest BCUT2D eigenvalue weighted by atomic mass is 10.3. The summed E-state index contributed by atoms with van der Waals surface area (Å²) in [5, 5.41) is 6.72. The average molecular weight is 192 g/mol. The number of hydrogen-bond donors (Lipinski definition) is 1. The molecule has 0 saturated carbocycles. The molecule has 2 aromatic heterocycles. The molecule has 14 heavy (non-hydrogen) atoms. The van der Waals surface area contributed by atoms with Crippen LogP contribution in [-0.2, 0) is 6.42 Å². The molecule has 0 aliphatic rings. The van der Waals surface area contributed by atoms with Crippen molar-refractivity contribution in [1.29, 1.82) is 0 Å². The van der Waals surface area contributed by atoms with E-state index in [1.54, 1.807) is 0 Å². The van der Waals surface area contributed by atoms with Crippen molar-refractivity contribution in [2.45, 2.75) is 13.3 Å². The van der Waals surface area contributed by atoms with Crippen LogP contribution in [0, 0.1) is 5.82 Å². The fraction of sp³-hybridized carbons (Fsp3) is 0.222. The lowest BCUT2D eigenvalue weighted by Gasteiger charge is -1.92. The first-order chi connectivity index (χ1) is 6.79. The predicted octanol–water partition coefficient (Wildman–Crippen LogP) is 1.57. The number of nitrogens with zero attached hydrogens (tertiary/aromatic N) is 3. The third kappa shape index (κ3) is 1.61. The van der Waals surface area contributed by atoms with Crippen molar-refractivity contribution in [1.82, 2.24) is 20.2 Å². The summed E-state index contributed by atoms with van der Waals surface area (Å²) < 4.78 is 12.8. The van der Waals surface area contributed by atoms with Crippen molar-refractivity contribution in [2.75, 3.05) is 0 Å². The van der Waals surface area contributed by atoms with Crippen LogP contribution >= 0.6 is 0 Å². The molecule has 0 aliphatic carbocycles. The maximum Gasteiger partial charge on any atom is 0.182 e. The van der Waals surface area contributed by atoms with Crippen molar-refractivity contribution in [3.05, 3.63) is 30.1 Å². The van der Waals surface area contributed by atoms with Crippen molar-refractivity contribution < 1.29 is 4.39 Å². The van der Waals surface area contributed by atoms with Crippen molar-refractivity contribution in [2.24, 2.45) is 0 Å². The van der Waals surface area contributed by atoms with Gasteiger partial charge >= 0.3 is 0 Å². The summed E-state index contributed by atoms with van der Waals surface area (Å²) in [7, 11) is 0. The van der Waals surface area contributed by atoms with Crippen molar-refractivity contribution in [3.63, 3.8) is 0 Å². The molecule has 0 bridgehead atoms. The van der Waals surface area contributed by atoms with Gasteiger partial charge in [-0.2, -0.15) is 5.10 Å². The number of pyridine rings is 1. The Bertz CT molecular complexity index is 438. The zero-order valence-electron chi connectivity index (χ0n) is 7.66. The molecule has 2 aromatic rings. The van der Waals surface area contributed by atoms with E-state index in [2.05, 4.69) is 20.2 Å². The Labute approximate surface area is 80.2 Å². The molecule has 72 valence electrons. The third-order valence-electron chi connectivity index (χ3n) is 1.83. The number of rotatable bonds is 2. The van der Waals surface area contributed by atoms with Crippen LogP contribution in [0.15, 0.2) is 18.5 Å². The summed E-state index contributed by atoms with van der Waals surface area (Å²) >= 11 is 0. The van der Waals surface area contributed by atoms with Crippen molar-refractivity contribution in [3.8, 4) is 11.4 Å². The minimum absolute atomic E-state index is 0.384. The second-order valence-electron chi connectivity index (χ2n) is 2.85. The van der Waals surface area contributed by atoms with Gasteiger partial charge in [0.25, 0.3) is 0 Å². The van der Waals surface area contributed by atoms with Crippen LogP contribution in [0.3, 0.4) is 0 Å². The minimum Gasteiger partial charge on any atom is -0.263 e. The van der Waals surface area contributed by atoms with E-state index < -0.39 is 0 Å². The molecule has 2 rings (SSSR count). The molecule has 0 spiro atoms. The van der Waals surface area contributed by atoms with Gasteiger partial charge in [0.2, 0.25) is 0 Å².